The first-order valence-corrected chi connectivity index (χ1v) is 13.7. The van der Waals surface area contributed by atoms with Gasteiger partial charge in [-0.3, -0.25) is 4.79 Å². The highest BCUT2D eigenvalue weighted by Crippen LogP contribution is 2.30. The van der Waals surface area contributed by atoms with E-state index in [1.807, 2.05) is 43.3 Å². The first-order valence-electron chi connectivity index (χ1n) is 11.5. The summed E-state index contributed by atoms with van der Waals surface area (Å²) >= 11 is 12.4. The predicted molar refractivity (Wildman–Crippen MR) is 149 cm³/mol. The van der Waals surface area contributed by atoms with Crippen LogP contribution < -0.4 is 4.72 Å². The van der Waals surface area contributed by atoms with E-state index in [9.17, 15) is 13.2 Å². The fourth-order valence-corrected chi connectivity index (χ4v) is 5.75. The highest BCUT2D eigenvalue weighted by molar-refractivity contribution is 7.90. The molecule has 0 atom stereocenters. The maximum atomic E-state index is 13.0. The first kappa shape index (κ1) is 25.1. The Morgan fingerprint density at radius 2 is 1.57 bits per heavy atom. The molecule has 0 radical (unpaired) electrons. The number of sulfonamides is 1. The summed E-state index contributed by atoms with van der Waals surface area (Å²) in [4.78, 5) is 16.3. The number of amides is 1. The third-order valence-corrected chi connectivity index (χ3v) is 8.20. The molecule has 0 fully saturated rings. The van der Waals surface area contributed by atoms with Gasteiger partial charge < -0.3 is 4.98 Å². The number of hydrogen-bond acceptors (Lipinski definition) is 3. The van der Waals surface area contributed by atoms with Crippen LogP contribution in [-0.4, -0.2) is 19.3 Å². The Balaban J connectivity index is 1.40. The Hall–Kier alpha value is -3.58. The third-order valence-electron chi connectivity index (χ3n) is 6.26. The van der Waals surface area contributed by atoms with Gasteiger partial charge in [0.05, 0.1) is 4.90 Å². The molecule has 0 bridgehead atoms. The van der Waals surface area contributed by atoms with Crippen LogP contribution in [0, 0.1) is 6.92 Å². The third kappa shape index (κ3) is 5.27. The monoisotopic (exact) mass is 548 g/mol. The number of aromatic nitrogens is 1. The van der Waals surface area contributed by atoms with Crippen LogP contribution in [0.5, 0.6) is 0 Å². The van der Waals surface area contributed by atoms with Gasteiger partial charge in [-0.1, -0.05) is 71.7 Å². The van der Waals surface area contributed by atoms with E-state index in [2.05, 4.69) is 9.71 Å². The normalized spacial score (nSPS) is 11.5. The van der Waals surface area contributed by atoms with Crippen molar-refractivity contribution in [1.29, 1.82) is 0 Å². The second kappa shape index (κ2) is 10.1. The predicted octanol–water partition coefficient (Wildman–Crippen LogP) is 7.16. The number of nitrogens with one attached hydrogen (secondary N) is 2. The lowest BCUT2D eigenvalue weighted by Crippen LogP contribution is -2.30. The van der Waals surface area contributed by atoms with Crippen molar-refractivity contribution in [2.75, 3.05) is 0 Å². The Morgan fingerprint density at radius 1 is 0.865 bits per heavy atom. The molecule has 1 heterocycles. The zero-order valence-electron chi connectivity index (χ0n) is 19.8. The molecule has 0 unspecified atom stereocenters. The van der Waals surface area contributed by atoms with Crippen LogP contribution in [0.1, 0.15) is 27.2 Å². The van der Waals surface area contributed by atoms with Gasteiger partial charge in [0.25, 0.3) is 15.9 Å². The molecule has 1 amide bonds. The van der Waals surface area contributed by atoms with Crippen molar-refractivity contribution in [2.24, 2.45) is 0 Å². The number of carbonyl (C=O) groups is 1. The lowest BCUT2D eigenvalue weighted by molar-refractivity contribution is 0.0981. The highest BCUT2D eigenvalue weighted by atomic mass is 35.5. The van der Waals surface area contributed by atoms with Crippen molar-refractivity contribution in [3.05, 3.63) is 123 Å². The molecular weight excluding hydrogens is 527 g/mol. The lowest BCUT2D eigenvalue weighted by atomic mass is 10.0. The topological polar surface area (TPSA) is 79.0 Å². The Bertz CT molecular complexity index is 1730. The molecule has 2 N–H and O–H groups in total. The maximum Gasteiger partial charge on any atom is 0.265 e. The second-order valence-electron chi connectivity index (χ2n) is 8.73. The summed E-state index contributed by atoms with van der Waals surface area (Å²) in [5.41, 5.74) is 5.73. The Kier molecular flexibility index (Phi) is 6.82. The van der Waals surface area contributed by atoms with Crippen LogP contribution in [-0.2, 0) is 16.4 Å². The summed E-state index contributed by atoms with van der Waals surface area (Å²) in [5.74, 6) is -0.705. The number of H-pyrrole nitrogens is 1. The molecule has 0 aliphatic carbocycles. The van der Waals surface area contributed by atoms with E-state index in [0.717, 1.165) is 38.9 Å². The van der Waals surface area contributed by atoms with Gasteiger partial charge >= 0.3 is 0 Å². The molecule has 5 nitrogen and oxygen atoms in total. The smallest absolute Gasteiger partial charge is 0.265 e. The van der Waals surface area contributed by atoms with Crippen molar-refractivity contribution < 1.29 is 13.2 Å². The number of carbonyl (C=O) groups excluding carboxylic acids is 1. The van der Waals surface area contributed by atoms with E-state index in [1.165, 1.54) is 12.1 Å². The van der Waals surface area contributed by atoms with E-state index in [1.54, 1.807) is 42.5 Å². The molecule has 8 heteroatoms. The highest BCUT2D eigenvalue weighted by Gasteiger charge is 2.20. The number of aryl methyl sites for hydroxylation is 1. The van der Waals surface area contributed by atoms with Gasteiger partial charge in [0.2, 0.25) is 0 Å². The minimum Gasteiger partial charge on any atom is -0.358 e. The molecule has 0 spiro atoms. The first-order chi connectivity index (χ1) is 17.7. The minimum absolute atomic E-state index is 0.0113. The van der Waals surface area contributed by atoms with Gasteiger partial charge in [-0.25, -0.2) is 13.1 Å². The summed E-state index contributed by atoms with van der Waals surface area (Å²) in [7, 11) is -4.06. The summed E-state index contributed by atoms with van der Waals surface area (Å²) in [6.45, 7) is 1.95. The molecule has 4 aromatic carbocycles. The van der Waals surface area contributed by atoms with Crippen molar-refractivity contribution >= 4 is 50.0 Å². The largest absolute Gasteiger partial charge is 0.358 e. The van der Waals surface area contributed by atoms with Crippen molar-refractivity contribution in [3.63, 3.8) is 0 Å². The molecule has 5 aromatic rings. The van der Waals surface area contributed by atoms with Crippen LogP contribution in [0.3, 0.4) is 0 Å². The average molecular weight is 549 g/mol. The zero-order valence-corrected chi connectivity index (χ0v) is 22.1. The molecule has 37 heavy (non-hydrogen) atoms. The number of hydrogen-bond donors (Lipinski definition) is 2. The molecule has 1 aromatic heterocycles. The second-order valence-corrected chi connectivity index (χ2v) is 11.3. The molecule has 5 rings (SSSR count). The quantitative estimate of drug-likeness (QED) is 0.236. The maximum absolute atomic E-state index is 13.0. The van der Waals surface area contributed by atoms with Crippen LogP contribution >= 0.6 is 23.2 Å². The van der Waals surface area contributed by atoms with Gasteiger partial charge in [0.15, 0.2) is 0 Å². The molecule has 0 aliphatic heterocycles. The van der Waals surface area contributed by atoms with Crippen molar-refractivity contribution in [2.45, 2.75) is 18.2 Å². The molecule has 186 valence electrons. The van der Waals surface area contributed by atoms with Crippen LogP contribution in [0.4, 0.5) is 0 Å². The van der Waals surface area contributed by atoms with E-state index in [-0.39, 0.29) is 10.5 Å². The molecule has 0 aliphatic rings. The fourth-order valence-electron chi connectivity index (χ4n) is 4.30. The Morgan fingerprint density at radius 3 is 2.27 bits per heavy atom. The zero-order chi connectivity index (χ0) is 26.2. The van der Waals surface area contributed by atoms with E-state index in [0.29, 0.717) is 16.5 Å². The van der Waals surface area contributed by atoms with Gasteiger partial charge in [-0.15, -0.1) is 0 Å². The summed E-state index contributed by atoms with van der Waals surface area (Å²) in [6.07, 6.45) is 0.527. The van der Waals surface area contributed by atoms with Crippen LogP contribution in [0.25, 0.3) is 22.0 Å². The number of benzene rings is 4. The van der Waals surface area contributed by atoms with Crippen molar-refractivity contribution in [1.82, 2.24) is 9.71 Å². The fraction of sp³-hybridized carbons (Fsp3) is 0.0690. The van der Waals surface area contributed by atoms with Crippen LogP contribution in [0.2, 0.25) is 10.0 Å². The summed E-state index contributed by atoms with van der Waals surface area (Å²) in [5, 5.41) is 1.93. The summed E-state index contributed by atoms with van der Waals surface area (Å²) in [6, 6.07) is 26.5. The number of aromatic amines is 1. The lowest BCUT2D eigenvalue weighted by Gasteiger charge is -2.09. The molecule has 0 saturated carbocycles. The molecular formula is C29H22Cl2N2O3S. The van der Waals surface area contributed by atoms with Gasteiger partial charge in [0.1, 0.15) is 0 Å². The summed E-state index contributed by atoms with van der Waals surface area (Å²) < 4.78 is 28.1. The average Bonchev–Trinajstić information content (AvgIpc) is 3.20. The van der Waals surface area contributed by atoms with Gasteiger partial charge in [-0.2, -0.15) is 0 Å². The standard InChI is InChI=1S/C29H22Cl2N2O3S/c1-18-25(15-21-7-11-23(30)17-27(21)31)26-16-22(10-14-28(26)32-18)29(34)33-37(35,36)24-12-8-20(9-13-24)19-5-3-2-4-6-19/h2-14,16-17,32H,15H2,1H3,(H,33,34). The van der Waals surface area contributed by atoms with Gasteiger partial charge in [-0.05, 0) is 71.6 Å². The van der Waals surface area contributed by atoms with Crippen molar-refractivity contribution in [3.8, 4) is 11.1 Å². The number of rotatable bonds is 6. The number of halogens is 2. The SMILES string of the molecule is Cc1[nH]c2ccc(C(=O)NS(=O)(=O)c3ccc(-c4ccccc4)cc3)cc2c1Cc1ccc(Cl)cc1Cl. The molecule has 0 saturated heterocycles. The van der Waals surface area contributed by atoms with Gasteiger partial charge in [0, 0.05) is 38.6 Å². The minimum atomic E-state index is -4.06. The van der Waals surface area contributed by atoms with E-state index >= 15 is 0 Å². The van der Waals surface area contributed by atoms with E-state index in [4.69, 9.17) is 23.2 Å². The van der Waals surface area contributed by atoms with E-state index < -0.39 is 15.9 Å². The Labute approximate surface area is 225 Å². The van der Waals surface area contributed by atoms with Crippen LogP contribution in [0.15, 0.2) is 95.9 Å². The number of fused-ring (bicyclic) bond motifs is 1.